The van der Waals surface area contributed by atoms with Crippen LogP contribution < -0.4 is 4.90 Å². The highest BCUT2D eigenvalue weighted by Gasteiger charge is 2.55. The number of pyridine rings is 1. The van der Waals surface area contributed by atoms with E-state index in [-0.39, 0.29) is 17.9 Å². The lowest BCUT2D eigenvalue weighted by Gasteiger charge is -2.48. The van der Waals surface area contributed by atoms with Gasteiger partial charge in [-0.05, 0) is 61.1 Å². The van der Waals surface area contributed by atoms with Crippen molar-refractivity contribution in [2.24, 2.45) is 11.8 Å². The molecule has 1 aliphatic carbocycles. The van der Waals surface area contributed by atoms with E-state index in [0.29, 0.717) is 11.7 Å². The van der Waals surface area contributed by atoms with Crippen LogP contribution in [0, 0.1) is 18.8 Å². The lowest BCUT2D eigenvalue weighted by atomic mass is 9.78. The first-order valence-corrected chi connectivity index (χ1v) is 10.7. The van der Waals surface area contributed by atoms with Gasteiger partial charge in [-0.3, -0.25) is 9.36 Å². The van der Waals surface area contributed by atoms with Gasteiger partial charge in [0.2, 0.25) is 5.91 Å². The second-order valence-corrected chi connectivity index (χ2v) is 8.68. The lowest BCUT2D eigenvalue weighted by Crippen LogP contribution is -2.56. The fourth-order valence-corrected chi connectivity index (χ4v) is 4.71. The summed E-state index contributed by atoms with van der Waals surface area (Å²) in [7, 11) is 0. The van der Waals surface area contributed by atoms with E-state index >= 15 is 0 Å². The average Bonchev–Trinajstić information content (AvgIpc) is 3.25. The van der Waals surface area contributed by atoms with Crippen molar-refractivity contribution in [1.82, 2.24) is 24.5 Å². The number of rotatable bonds is 4. The third kappa shape index (κ3) is 3.20. The lowest BCUT2D eigenvalue weighted by molar-refractivity contribution is -0.141. The monoisotopic (exact) mass is 452 g/mol. The molecule has 1 aliphatic heterocycles. The Labute approximate surface area is 186 Å². The van der Waals surface area contributed by atoms with E-state index in [2.05, 4.69) is 19.9 Å². The van der Waals surface area contributed by atoms with E-state index in [4.69, 9.17) is 0 Å². The molecule has 33 heavy (non-hydrogen) atoms. The highest BCUT2D eigenvalue weighted by atomic mass is 19.4. The number of hydrogen-bond donors (Lipinski definition) is 1. The number of anilines is 1. The summed E-state index contributed by atoms with van der Waals surface area (Å²) < 4.78 is 40.0. The van der Waals surface area contributed by atoms with E-state index < -0.39 is 11.9 Å². The predicted molar refractivity (Wildman–Crippen MR) is 114 cm³/mol. The molecule has 1 saturated carbocycles. The van der Waals surface area contributed by atoms with E-state index in [1.807, 2.05) is 25.1 Å². The number of hydrogen-bond acceptors (Lipinski definition) is 4. The number of aryl methyl sites for hydroxylation is 1. The number of H-pyrrole nitrogens is 1. The molecule has 0 bridgehead atoms. The van der Waals surface area contributed by atoms with Gasteiger partial charge in [0.25, 0.3) is 0 Å². The number of nitrogens with zero attached hydrogens (tertiary/aromatic N) is 5. The van der Waals surface area contributed by atoms with Crippen LogP contribution in [0.15, 0.2) is 49.3 Å². The van der Waals surface area contributed by atoms with Crippen molar-refractivity contribution >= 4 is 22.6 Å². The minimum Gasteiger partial charge on any atom is -0.345 e. The summed E-state index contributed by atoms with van der Waals surface area (Å²) in [6.45, 7) is 1.89. The molecule has 2 aliphatic rings. The fourth-order valence-electron chi connectivity index (χ4n) is 4.71. The molecule has 2 fully saturated rings. The number of imidazole rings is 2. The van der Waals surface area contributed by atoms with E-state index in [1.165, 1.54) is 4.57 Å². The highest BCUT2D eigenvalue weighted by molar-refractivity contribution is 6.04. The molecule has 1 saturated heterocycles. The Hall–Kier alpha value is -3.69. The smallest absolute Gasteiger partial charge is 0.345 e. The number of halogens is 3. The molecular formula is C23H19F3N6O. The zero-order valence-corrected chi connectivity index (χ0v) is 17.5. The summed E-state index contributed by atoms with van der Waals surface area (Å²) in [6, 6.07) is 7.25. The summed E-state index contributed by atoms with van der Waals surface area (Å²) in [5.41, 5.74) is 3.23. The van der Waals surface area contributed by atoms with Gasteiger partial charge in [0.15, 0.2) is 5.69 Å². The van der Waals surface area contributed by atoms with Crippen LogP contribution in [0.1, 0.15) is 35.7 Å². The topological polar surface area (TPSA) is 79.7 Å². The van der Waals surface area contributed by atoms with E-state index in [9.17, 15) is 18.0 Å². The molecule has 1 aromatic carbocycles. The Morgan fingerprint density at radius 3 is 2.64 bits per heavy atom. The SMILES string of the molecule is Cc1cc(-n2cnc(C(F)(F)F)c2)ncc1C1C(C2CC2)C(=O)N1c1ccc2[nH]cnc2c1. The van der Waals surface area contributed by atoms with Crippen molar-refractivity contribution in [1.29, 1.82) is 0 Å². The standard InChI is InChI=1S/C23H19F3N6O/c1-12-6-19(31-9-18(30-11-31)23(24,25)26)27-8-15(12)21-20(13-2-3-13)22(33)32(21)14-4-5-16-17(7-14)29-10-28-16/h4-11,13,20-21H,2-3H2,1H3,(H,28,29). The van der Waals surface area contributed by atoms with Crippen LogP contribution in [-0.2, 0) is 11.0 Å². The molecule has 0 radical (unpaired) electrons. The second-order valence-electron chi connectivity index (χ2n) is 8.68. The predicted octanol–water partition coefficient (Wildman–Crippen LogP) is 4.58. The molecule has 7 nitrogen and oxygen atoms in total. The third-order valence-corrected chi connectivity index (χ3v) is 6.55. The summed E-state index contributed by atoms with van der Waals surface area (Å²) in [5.74, 6) is 0.675. The van der Waals surface area contributed by atoms with Gasteiger partial charge in [0.1, 0.15) is 12.1 Å². The van der Waals surface area contributed by atoms with Crippen LogP contribution in [0.2, 0.25) is 0 Å². The number of amides is 1. The molecule has 3 aromatic heterocycles. The number of nitrogens with one attached hydrogen (secondary N) is 1. The molecule has 168 valence electrons. The molecule has 10 heteroatoms. The number of aromatic nitrogens is 5. The number of carbonyl (C=O) groups is 1. The van der Waals surface area contributed by atoms with Gasteiger partial charge >= 0.3 is 6.18 Å². The summed E-state index contributed by atoms with van der Waals surface area (Å²) in [6.07, 6.45) is 2.86. The van der Waals surface area contributed by atoms with Gasteiger partial charge in [0, 0.05) is 18.1 Å². The van der Waals surface area contributed by atoms with Crippen molar-refractivity contribution in [3.8, 4) is 5.82 Å². The van der Waals surface area contributed by atoms with Crippen molar-refractivity contribution in [3.05, 3.63) is 66.1 Å². The van der Waals surface area contributed by atoms with Gasteiger partial charge in [-0.15, -0.1) is 0 Å². The minimum absolute atomic E-state index is 0.0882. The van der Waals surface area contributed by atoms with Crippen LogP contribution >= 0.6 is 0 Å². The molecule has 2 atom stereocenters. The molecule has 1 N–H and O–H groups in total. The molecular weight excluding hydrogens is 433 g/mol. The fraction of sp³-hybridized carbons (Fsp3) is 0.304. The van der Waals surface area contributed by atoms with Crippen molar-refractivity contribution in [2.45, 2.75) is 32.0 Å². The Morgan fingerprint density at radius 2 is 1.94 bits per heavy atom. The normalized spacial score (nSPS) is 21.0. The van der Waals surface area contributed by atoms with Gasteiger partial charge in [-0.2, -0.15) is 13.2 Å². The van der Waals surface area contributed by atoms with Crippen LogP contribution in [-0.4, -0.2) is 30.4 Å². The summed E-state index contributed by atoms with van der Waals surface area (Å²) >= 11 is 0. The number of carbonyl (C=O) groups excluding carboxylic acids is 1. The maximum absolute atomic E-state index is 13.2. The first-order chi connectivity index (χ1) is 15.8. The number of aromatic amines is 1. The first-order valence-electron chi connectivity index (χ1n) is 10.7. The van der Waals surface area contributed by atoms with E-state index in [1.54, 1.807) is 23.5 Å². The average molecular weight is 452 g/mol. The largest absolute Gasteiger partial charge is 0.434 e. The molecule has 2 unspecified atom stereocenters. The van der Waals surface area contributed by atoms with Gasteiger partial charge in [0.05, 0.1) is 29.3 Å². The first kappa shape index (κ1) is 20.0. The summed E-state index contributed by atoms with van der Waals surface area (Å²) in [5, 5.41) is 0. The quantitative estimate of drug-likeness (QED) is 0.460. The second kappa shape index (κ2) is 6.90. The Balaban J connectivity index is 1.37. The summed E-state index contributed by atoms with van der Waals surface area (Å²) in [4.78, 5) is 30.2. The zero-order chi connectivity index (χ0) is 22.9. The molecule has 4 aromatic rings. The van der Waals surface area contributed by atoms with Gasteiger partial charge in [-0.1, -0.05) is 0 Å². The van der Waals surface area contributed by atoms with Crippen molar-refractivity contribution in [3.63, 3.8) is 0 Å². The van der Waals surface area contributed by atoms with E-state index in [0.717, 1.165) is 53.2 Å². The Bertz CT molecular complexity index is 1390. The number of fused-ring (bicyclic) bond motifs is 1. The number of alkyl halides is 3. The van der Waals surface area contributed by atoms with Crippen LogP contribution in [0.3, 0.4) is 0 Å². The van der Waals surface area contributed by atoms with Gasteiger partial charge in [-0.25, -0.2) is 15.0 Å². The molecule has 1 amide bonds. The maximum Gasteiger partial charge on any atom is 0.434 e. The number of benzene rings is 1. The maximum atomic E-state index is 13.2. The van der Waals surface area contributed by atoms with Crippen molar-refractivity contribution < 1.29 is 18.0 Å². The third-order valence-electron chi connectivity index (χ3n) is 6.55. The minimum atomic E-state index is -4.51. The van der Waals surface area contributed by atoms with Crippen LogP contribution in [0.5, 0.6) is 0 Å². The highest BCUT2D eigenvalue weighted by Crippen LogP contribution is 2.54. The molecule has 0 spiro atoms. The number of β-lactam (4-membered cyclic amide) rings is 1. The van der Waals surface area contributed by atoms with Crippen molar-refractivity contribution in [2.75, 3.05) is 4.90 Å². The van der Waals surface area contributed by atoms with Crippen LogP contribution in [0.25, 0.3) is 16.9 Å². The Kier molecular flexibility index (Phi) is 4.17. The zero-order valence-electron chi connectivity index (χ0n) is 17.5. The molecule has 6 rings (SSSR count). The van der Waals surface area contributed by atoms with Gasteiger partial charge < -0.3 is 9.88 Å². The Morgan fingerprint density at radius 1 is 1.12 bits per heavy atom. The van der Waals surface area contributed by atoms with Crippen LogP contribution in [0.4, 0.5) is 18.9 Å². The molecule has 4 heterocycles.